The van der Waals surface area contributed by atoms with Crippen molar-refractivity contribution in [2.24, 2.45) is 11.7 Å². The highest BCUT2D eigenvalue weighted by Gasteiger charge is 2.28. The zero-order valence-electron chi connectivity index (χ0n) is 11.9. The second-order valence-electron chi connectivity index (χ2n) is 5.45. The summed E-state index contributed by atoms with van der Waals surface area (Å²) in [6.07, 6.45) is 0.974. The first-order valence-electron chi connectivity index (χ1n) is 6.96. The second-order valence-corrected chi connectivity index (χ2v) is 5.89. The molecule has 1 fully saturated rings. The number of ether oxygens (including phenoxy) is 1. The van der Waals surface area contributed by atoms with E-state index in [0.29, 0.717) is 35.3 Å². The zero-order valence-corrected chi connectivity index (χ0v) is 12.7. The van der Waals surface area contributed by atoms with Crippen molar-refractivity contribution in [3.63, 3.8) is 0 Å². The first-order valence-corrected chi connectivity index (χ1v) is 7.34. The van der Waals surface area contributed by atoms with Crippen molar-refractivity contribution in [2.45, 2.75) is 26.4 Å². The van der Waals surface area contributed by atoms with Crippen LogP contribution < -0.4 is 10.5 Å². The van der Waals surface area contributed by atoms with Gasteiger partial charge in [0.05, 0.1) is 11.7 Å². The van der Waals surface area contributed by atoms with Crippen molar-refractivity contribution in [1.29, 1.82) is 0 Å². The summed E-state index contributed by atoms with van der Waals surface area (Å²) in [6.45, 7) is 5.94. The summed E-state index contributed by atoms with van der Waals surface area (Å²) in [7, 11) is 0. The van der Waals surface area contributed by atoms with E-state index in [9.17, 15) is 4.79 Å². The molecule has 0 unspecified atom stereocenters. The first kappa shape index (κ1) is 15.1. The van der Waals surface area contributed by atoms with Gasteiger partial charge in [-0.3, -0.25) is 4.79 Å². The molecule has 1 aromatic carbocycles. The number of carbonyl (C=O) groups is 1. The number of halogens is 1. The Morgan fingerprint density at radius 1 is 1.55 bits per heavy atom. The lowest BCUT2D eigenvalue weighted by atomic mass is 10.1. The molecule has 2 rings (SSSR count). The number of nitrogens with zero attached hydrogens (tertiary/aromatic N) is 1. The quantitative estimate of drug-likeness (QED) is 0.929. The summed E-state index contributed by atoms with van der Waals surface area (Å²) in [6, 6.07) is 5.17. The van der Waals surface area contributed by atoms with E-state index >= 15 is 0 Å². The Labute approximate surface area is 124 Å². The number of benzene rings is 1. The summed E-state index contributed by atoms with van der Waals surface area (Å²) >= 11 is 6.01. The smallest absolute Gasteiger partial charge is 0.257 e. The molecule has 0 spiro atoms. The SMILES string of the molecule is CC(C)Oc1ccc(Cl)cc1C(=O)N1CC[C@H](CN)C1. The molecule has 20 heavy (non-hydrogen) atoms. The Hall–Kier alpha value is -1.26. The predicted molar refractivity (Wildman–Crippen MR) is 80.3 cm³/mol. The minimum atomic E-state index is -0.0286. The Balaban J connectivity index is 2.22. The third-order valence-corrected chi connectivity index (χ3v) is 3.68. The summed E-state index contributed by atoms with van der Waals surface area (Å²) < 4.78 is 5.70. The summed E-state index contributed by atoms with van der Waals surface area (Å²) in [5, 5.41) is 0.541. The topological polar surface area (TPSA) is 55.6 Å². The molecule has 0 aromatic heterocycles. The highest BCUT2D eigenvalue weighted by atomic mass is 35.5. The highest BCUT2D eigenvalue weighted by Crippen LogP contribution is 2.27. The van der Waals surface area contributed by atoms with Crippen molar-refractivity contribution in [1.82, 2.24) is 4.90 Å². The van der Waals surface area contributed by atoms with E-state index in [1.807, 2.05) is 18.7 Å². The van der Waals surface area contributed by atoms with Crippen LogP contribution in [0.2, 0.25) is 5.02 Å². The van der Waals surface area contributed by atoms with E-state index in [4.69, 9.17) is 22.1 Å². The lowest BCUT2D eigenvalue weighted by molar-refractivity contribution is 0.0781. The van der Waals surface area contributed by atoms with E-state index in [2.05, 4.69) is 0 Å². The molecular weight excluding hydrogens is 276 g/mol. The van der Waals surface area contributed by atoms with Gasteiger partial charge in [0.2, 0.25) is 0 Å². The highest BCUT2D eigenvalue weighted by molar-refractivity contribution is 6.31. The van der Waals surface area contributed by atoms with Crippen LogP contribution in [0, 0.1) is 5.92 Å². The molecule has 4 nitrogen and oxygen atoms in total. The molecule has 2 N–H and O–H groups in total. The van der Waals surface area contributed by atoms with Crippen LogP contribution in [0.1, 0.15) is 30.6 Å². The molecule has 0 saturated carbocycles. The van der Waals surface area contributed by atoms with Crippen LogP contribution in [0.25, 0.3) is 0 Å². The maximum atomic E-state index is 12.6. The van der Waals surface area contributed by atoms with Gasteiger partial charge in [-0.05, 0) is 50.9 Å². The molecule has 110 valence electrons. The lowest BCUT2D eigenvalue weighted by Gasteiger charge is -2.20. The molecule has 1 aliphatic heterocycles. The molecule has 1 heterocycles. The molecular formula is C15H21ClN2O2. The standard InChI is InChI=1S/C15H21ClN2O2/c1-10(2)20-14-4-3-12(16)7-13(14)15(19)18-6-5-11(8-17)9-18/h3-4,7,10-11H,5-6,8-9,17H2,1-2H3/t11-/m1/s1. The maximum Gasteiger partial charge on any atom is 0.257 e. The Kier molecular flexibility index (Phi) is 4.89. The Bertz CT molecular complexity index is 491. The van der Waals surface area contributed by atoms with E-state index in [1.54, 1.807) is 18.2 Å². The van der Waals surface area contributed by atoms with Gasteiger partial charge in [-0.25, -0.2) is 0 Å². The van der Waals surface area contributed by atoms with E-state index < -0.39 is 0 Å². The van der Waals surface area contributed by atoms with Gasteiger partial charge < -0.3 is 15.4 Å². The van der Waals surface area contributed by atoms with Gasteiger partial charge in [0.15, 0.2) is 0 Å². The average molecular weight is 297 g/mol. The van der Waals surface area contributed by atoms with Crippen molar-refractivity contribution in [3.05, 3.63) is 28.8 Å². The van der Waals surface area contributed by atoms with Gasteiger partial charge in [-0.2, -0.15) is 0 Å². The van der Waals surface area contributed by atoms with Crippen LogP contribution in [-0.2, 0) is 0 Å². The fraction of sp³-hybridized carbons (Fsp3) is 0.533. The first-order chi connectivity index (χ1) is 9.51. The number of rotatable bonds is 4. The van der Waals surface area contributed by atoms with Gasteiger partial charge in [-0.15, -0.1) is 0 Å². The fourth-order valence-corrected chi connectivity index (χ4v) is 2.58. The zero-order chi connectivity index (χ0) is 14.7. The number of hydrogen-bond donors (Lipinski definition) is 1. The number of nitrogens with two attached hydrogens (primary N) is 1. The molecule has 0 aliphatic carbocycles. The minimum absolute atomic E-state index is 0.0121. The van der Waals surface area contributed by atoms with E-state index in [0.717, 1.165) is 13.0 Å². The summed E-state index contributed by atoms with van der Waals surface area (Å²) in [4.78, 5) is 14.4. The molecule has 1 saturated heterocycles. The van der Waals surface area contributed by atoms with Crippen LogP contribution in [0.3, 0.4) is 0 Å². The van der Waals surface area contributed by atoms with Crippen LogP contribution in [0.4, 0.5) is 0 Å². The summed E-state index contributed by atoms with van der Waals surface area (Å²) in [5.74, 6) is 0.956. The number of hydrogen-bond acceptors (Lipinski definition) is 3. The predicted octanol–water partition coefficient (Wildman–Crippen LogP) is 2.55. The van der Waals surface area contributed by atoms with E-state index in [1.165, 1.54) is 0 Å². The Morgan fingerprint density at radius 2 is 2.30 bits per heavy atom. The third-order valence-electron chi connectivity index (χ3n) is 3.44. The molecule has 1 aromatic rings. The molecule has 1 aliphatic rings. The van der Waals surface area contributed by atoms with Gasteiger partial charge in [-0.1, -0.05) is 11.6 Å². The number of amides is 1. The molecule has 0 bridgehead atoms. The molecule has 1 atom stereocenters. The van der Waals surface area contributed by atoms with Crippen LogP contribution in [-0.4, -0.2) is 36.5 Å². The number of carbonyl (C=O) groups excluding carboxylic acids is 1. The maximum absolute atomic E-state index is 12.6. The second kappa shape index (κ2) is 6.46. The van der Waals surface area contributed by atoms with Crippen molar-refractivity contribution in [3.8, 4) is 5.75 Å². The van der Waals surface area contributed by atoms with Gasteiger partial charge in [0, 0.05) is 18.1 Å². The van der Waals surface area contributed by atoms with Gasteiger partial charge in [0.25, 0.3) is 5.91 Å². The van der Waals surface area contributed by atoms with Crippen molar-refractivity contribution in [2.75, 3.05) is 19.6 Å². The lowest BCUT2D eigenvalue weighted by Crippen LogP contribution is -2.30. The average Bonchev–Trinajstić information content (AvgIpc) is 2.88. The summed E-state index contributed by atoms with van der Waals surface area (Å²) in [5.41, 5.74) is 6.20. The fourth-order valence-electron chi connectivity index (χ4n) is 2.41. The number of likely N-dealkylation sites (tertiary alicyclic amines) is 1. The van der Waals surface area contributed by atoms with Crippen molar-refractivity contribution >= 4 is 17.5 Å². The van der Waals surface area contributed by atoms with E-state index in [-0.39, 0.29) is 12.0 Å². The minimum Gasteiger partial charge on any atom is -0.490 e. The van der Waals surface area contributed by atoms with Gasteiger partial charge in [0.1, 0.15) is 5.75 Å². The van der Waals surface area contributed by atoms with Crippen molar-refractivity contribution < 1.29 is 9.53 Å². The normalized spacial score (nSPS) is 18.6. The molecule has 0 radical (unpaired) electrons. The Morgan fingerprint density at radius 3 is 2.90 bits per heavy atom. The van der Waals surface area contributed by atoms with Crippen LogP contribution in [0.5, 0.6) is 5.75 Å². The van der Waals surface area contributed by atoms with Gasteiger partial charge >= 0.3 is 0 Å². The largest absolute Gasteiger partial charge is 0.490 e. The van der Waals surface area contributed by atoms with Crippen LogP contribution in [0.15, 0.2) is 18.2 Å². The molecule has 5 heteroatoms. The third kappa shape index (κ3) is 3.44. The monoisotopic (exact) mass is 296 g/mol. The molecule has 1 amide bonds. The van der Waals surface area contributed by atoms with Crippen LogP contribution >= 0.6 is 11.6 Å².